The number of amides is 1. The molecule has 2 N–H and O–H groups in total. The number of hydrogen-bond donors (Lipinski definition) is 2. The van der Waals surface area contributed by atoms with Crippen LogP contribution in [0.15, 0.2) is 52.5 Å². The SMILES string of the molecule is Cn1c(Sc2c(F)cc(C(=O)NO)cc2F)nnc1C(C)(C)c1ccccc1. The lowest BCUT2D eigenvalue weighted by molar-refractivity contribution is 0.0705. The monoisotopic (exact) mass is 404 g/mol. The van der Waals surface area contributed by atoms with Crippen molar-refractivity contribution >= 4 is 17.7 Å². The molecule has 0 aliphatic carbocycles. The van der Waals surface area contributed by atoms with Gasteiger partial charge in [0.25, 0.3) is 5.91 Å². The van der Waals surface area contributed by atoms with Crippen molar-refractivity contribution < 1.29 is 18.8 Å². The van der Waals surface area contributed by atoms with E-state index in [2.05, 4.69) is 10.2 Å². The molecule has 6 nitrogen and oxygen atoms in total. The number of benzene rings is 2. The van der Waals surface area contributed by atoms with Crippen LogP contribution in [0.1, 0.15) is 35.6 Å². The fourth-order valence-electron chi connectivity index (χ4n) is 2.88. The summed E-state index contributed by atoms with van der Waals surface area (Å²) in [6.07, 6.45) is 0. The van der Waals surface area contributed by atoms with Crippen LogP contribution in [0.25, 0.3) is 0 Å². The van der Waals surface area contributed by atoms with Gasteiger partial charge in [0.1, 0.15) is 17.5 Å². The molecule has 3 aromatic rings. The summed E-state index contributed by atoms with van der Waals surface area (Å²) in [4.78, 5) is 11.1. The molecule has 0 saturated heterocycles. The molecule has 0 fully saturated rings. The zero-order chi connectivity index (χ0) is 20.5. The first kappa shape index (κ1) is 20.0. The van der Waals surface area contributed by atoms with Gasteiger partial charge in [-0.05, 0) is 43.3 Å². The summed E-state index contributed by atoms with van der Waals surface area (Å²) < 4.78 is 30.4. The smallest absolute Gasteiger partial charge is 0.274 e. The van der Waals surface area contributed by atoms with Crippen molar-refractivity contribution in [3.63, 3.8) is 0 Å². The first-order valence-corrected chi connectivity index (χ1v) is 9.14. The van der Waals surface area contributed by atoms with Gasteiger partial charge in [-0.25, -0.2) is 14.3 Å². The largest absolute Gasteiger partial charge is 0.308 e. The van der Waals surface area contributed by atoms with Gasteiger partial charge in [-0.15, -0.1) is 10.2 Å². The minimum absolute atomic E-state index is 0.302. The topological polar surface area (TPSA) is 80.0 Å². The minimum Gasteiger partial charge on any atom is -0.308 e. The van der Waals surface area contributed by atoms with Crippen molar-refractivity contribution in [2.75, 3.05) is 0 Å². The number of hydrogen-bond acceptors (Lipinski definition) is 5. The quantitative estimate of drug-likeness (QED) is 0.501. The van der Waals surface area contributed by atoms with Crippen molar-refractivity contribution in [1.29, 1.82) is 0 Å². The van der Waals surface area contributed by atoms with Crippen LogP contribution >= 0.6 is 11.8 Å². The molecule has 0 aliphatic heterocycles. The van der Waals surface area contributed by atoms with E-state index < -0.39 is 23.0 Å². The van der Waals surface area contributed by atoms with Crippen molar-refractivity contribution in [3.8, 4) is 0 Å². The predicted octanol–water partition coefficient (Wildman–Crippen LogP) is 3.69. The molecule has 1 amide bonds. The van der Waals surface area contributed by atoms with Crippen molar-refractivity contribution in [2.24, 2.45) is 7.05 Å². The van der Waals surface area contributed by atoms with Gasteiger partial charge in [0.2, 0.25) is 0 Å². The van der Waals surface area contributed by atoms with Crippen LogP contribution in [0.5, 0.6) is 0 Å². The third-order valence-corrected chi connectivity index (χ3v) is 5.58. The molecule has 0 atom stereocenters. The Hall–Kier alpha value is -2.78. The second kappa shape index (κ2) is 7.69. The van der Waals surface area contributed by atoms with E-state index in [-0.39, 0.29) is 10.5 Å². The molecular formula is C19H18F2N4O2S. The molecule has 9 heteroatoms. The standard InChI is InChI=1S/C19H18F2N4O2S/c1-19(2,12-7-5-4-6-8-12)17-22-23-18(25(17)3)28-15-13(20)9-11(10-14(15)21)16(26)24-27/h4-10,27H,1-3H3,(H,24,26). The molecule has 146 valence electrons. The third kappa shape index (κ3) is 3.63. The Morgan fingerprint density at radius 2 is 1.75 bits per heavy atom. The summed E-state index contributed by atoms with van der Waals surface area (Å²) >= 11 is 0.773. The number of carbonyl (C=O) groups excluding carboxylic acids is 1. The molecule has 1 heterocycles. The highest BCUT2D eigenvalue weighted by Crippen LogP contribution is 2.35. The predicted molar refractivity (Wildman–Crippen MR) is 99.3 cm³/mol. The number of halogens is 2. The van der Waals surface area contributed by atoms with E-state index in [0.717, 1.165) is 29.5 Å². The van der Waals surface area contributed by atoms with Gasteiger partial charge in [-0.2, -0.15) is 0 Å². The maximum absolute atomic E-state index is 14.4. The molecule has 2 aromatic carbocycles. The Balaban J connectivity index is 1.95. The van der Waals surface area contributed by atoms with Crippen LogP contribution in [0, 0.1) is 11.6 Å². The zero-order valence-electron chi connectivity index (χ0n) is 15.4. The molecular weight excluding hydrogens is 386 g/mol. The first-order chi connectivity index (χ1) is 13.3. The summed E-state index contributed by atoms with van der Waals surface area (Å²) in [5.41, 5.74) is 1.57. The average molecular weight is 404 g/mol. The fourth-order valence-corrected chi connectivity index (χ4v) is 3.68. The van der Waals surface area contributed by atoms with E-state index in [9.17, 15) is 13.6 Å². The molecule has 0 bridgehead atoms. The van der Waals surface area contributed by atoms with E-state index in [1.165, 1.54) is 5.48 Å². The fraction of sp³-hybridized carbons (Fsp3) is 0.211. The highest BCUT2D eigenvalue weighted by Gasteiger charge is 2.30. The Labute approximate surface area is 164 Å². The van der Waals surface area contributed by atoms with Crippen molar-refractivity contribution in [3.05, 3.63) is 71.1 Å². The lowest BCUT2D eigenvalue weighted by Crippen LogP contribution is -2.23. The lowest BCUT2D eigenvalue weighted by Gasteiger charge is -2.24. The van der Waals surface area contributed by atoms with Gasteiger partial charge >= 0.3 is 0 Å². The number of nitrogens with zero attached hydrogens (tertiary/aromatic N) is 3. The summed E-state index contributed by atoms with van der Waals surface area (Å²) in [6.45, 7) is 3.98. The van der Waals surface area contributed by atoms with E-state index in [4.69, 9.17) is 5.21 Å². The Bertz CT molecular complexity index is 999. The van der Waals surface area contributed by atoms with E-state index >= 15 is 0 Å². The third-order valence-electron chi connectivity index (χ3n) is 4.44. The molecule has 0 spiro atoms. The zero-order valence-corrected chi connectivity index (χ0v) is 16.2. The van der Waals surface area contributed by atoms with Crippen LogP contribution < -0.4 is 5.48 Å². The molecule has 0 saturated carbocycles. The van der Waals surface area contributed by atoms with Crippen molar-refractivity contribution in [2.45, 2.75) is 29.3 Å². The van der Waals surface area contributed by atoms with Gasteiger partial charge in [-0.3, -0.25) is 10.0 Å². The van der Waals surface area contributed by atoms with E-state index in [1.807, 2.05) is 44.2 Å². The Morgan fingerprint density at radius 1 is 1.14 bits per heavy atom. The normalized spacial score (nSPS) is 11.5. The second-order valence-corrected chi connectivity index (χ2v) is 7.65. The van der Waals surface area contributed by atoms with E-state index in [0.29, 0.717) is 11.0 Å². The maximum Gasteiger partial charge on any atom is 0.274 e. The molecule has 0 radical (unpaired) electrons. The van der Waals surface area contributed by atoms with Gasteiger partial charge in [0, 0.05) is 18.0 Å². The van der Waals surface area contributed by atoms with Crippen molar-refractivity contribution in [1.82, 2.24) is 20.2 Å². The Morgan fingerprint density at radius 3 is 2.32 bits per heavy atom. The number of carbonyl (C=O) groups is 1. The number of rotatable bonds is 5. The maximum atomic E-state index is 14.4. The van der Waals surface area contributed by atoms with Gasteiger partial charge in [0.05, 0.1) is 4.90 Å². The summed E-state index contributed by atoms with van der Waals surface area (Å²) in [5, 5.41) is 17.2. The highest BCUT2D eigenvalue weighted by atomic mass is 32.2. The molecule has 28 heavy (non-hydrogen) atoms. The highest BCUT2D eigenvalue weighted by molar-refractivity contribution is 7.99. The molecule has 0 unspecified atom stereocenters. The van der Waals surface area contributed by atoms with Crippen LogP contribution in [0.2, 0.25) is 0 Å². The lowest BCUT2D eigenvalue weighted by atomic mass is 9.84. The average Bonchev–Trinajstić information content (AvgIpc) is 3.05. The minimum atomic E-state index is -1.00. The van der Waals surface area contributed by atoms with Gasteiger partial charge in [-0.1, -0.05) is 30.3 Å². The van der Waals surface area contributed by atoms with E-state index in [1.54, 1.807) is 11.6 Å². The second-order valence-electron chi connectivity index (χ2n) is 6.67. The number of aromatic nitrogens is 3. The number of hydroxylamine groups is 1. The molecule has 0 aliphatic rings. The Kier molecular flexibility index (Phi) is 5.48. The summed E-state index contributed by atoms with van der Waals surface area (Å²) in [7, 11) is 1.73. The summed E-state index contributed by atoms with van der Waals surface area (Å²) in [5.74, 6) is -2.23. The van der Waals surface area contributed by atoms with Gasteiger partial charge < -0.3 is 4.57 Å². The van der Waals surface area contributed by atoms with Crippen LogP contribution in [0.3, 0.4) is 0 Å². The first-order valence-electron chi connectivity index (χ1n) is 8.32. The number of nitrogens with one attached hydrogen (secondary N) is 1. The van der Waals surface area contributed by atoms with Crippen LogP contribution in [-0.2, 0) is 12.5 Å². The van der Waals surface area contributed by atoms with Gasteiger partial charge in [0.15, 0.2) is 5.16 Å². The summed E-state index contributed by atoms with van der Waals surface area (Å²) in [6, 6.07) is 11.4. The molecule has 3 rings (SSSR count). The van der Waals surface area contributed by atoms with Crippen LogP contribution in [0.4, 0.5) is 8.78 Å². The molecule has 1 aromatic heterocycles. The van der Waals surface area contributed by atoms with Crippen LogP contribution in [-0.4, -0.2) is 25.9 Å².